The molecule has 0 atom stereocenters. The van der Waals surface area contributed by atoms with Crippen LogP contribution in [0.5, 0.6) is 0 Å². The van der Waals surface area contributed by atoms with Crippen molar-refractivity contribution in [3.63, 3.8) is 0 Å². The molecule has 0 saturated heterocycles. The largest absolute Gasteiger partial charge is 0.398 e. The maximum absolute atomic E-state index is 11.8. The van der Waals surface area contributed by atoms with Gasteiger partial charge < -0.3 is 15.8 Å². The van der Waals surface area contributed by atoms with E-state index in [1.165, 1.54) is 0 Å². The maximum Gasteiger partial charge on any atom is 0.251 e. The van der Waals surface area contributed by atoms with Crippen molar-refractivity contribution in [2.24, 2.45) is 0 Å². The first-order valence-corrected chi connectivity index (χ1v) is 6.83. The lowest BCUT2D eigenvalue weighted by molar-refractivity contribution is 0.0754. The molecule has 1 aromatic carbocycles. The Hall–Kier alpha value is -1.26. The molecule has 0 heterocycles. The fourth-order valence-corrected chi connectivity index (χ4v) is 1.65. The molecule has 0 unspecified atom stereocenters. The molecule has 1 amide bonds. The van der Waals surface area contributed by atoms with E-state index < -0.39 is 0 Å². The van der Waals surface area contributed by atoms with Crippen LogP contribution >= 0.6 is 11.6 Å². The minimum atomic E-state index is -0.131. The Balaban J connectivity index is 2.26. The molecule has 5 heteroatoms. The number of ether oxygens (including phenoxy) is 1. The van der Waals surface area contributed by atoms with E-state index in [0.717, 1.165) is 19.4 Å². The lowest BCUT2D eigenvalue weighted by atomic mass is 10.2. The first kappa shape index (κ1) is 15.8. The van der Waals surface area contributed by atoms with Gasteiger partial charge in [-0.1, -0.05) is 11.6 Å². The summed E-state index contributed by atoms with van der Waals surface area (Å²) in [4.78, 5) is 11.8. The van der Waals surface area contributed by atoms with Gasteiger partial charge in [0, 0.05) is 18.7 Å². The van der Waals surface area contributed by atoms with Gasteiger partial charge in [-0.3, -0.25) is 4.79 Å². The molecule has 3 N–H and O–H groups in total. The Kier molecular flexibility index (Phi) is 6.67. The normalized spacial score (nSPS) is 10.7. The van der Waals surface area contributed by atoms with Crippen molar-refractivity contribution < 1.29 is 9.53 Å². The van der Waals surface area contributed by atoms with Gasteiger partial charge >= 0.3 is 0 Å². The van der Waals surface area contributed by atoms with E-state index >= 15 is 0 Å². The van der Waals surface area contributed by atoms with Crippen LogP contribution in [-0.2, 0) is 4.74 Å². The van der Waals surface area contributed by atoms with Crippen molar-refractivity contribution in [3.8, 4) is 0 Å². The van der Waals surface area contributed by atoms with E-state index in [-0.39, 0.29) is 12.0 Å². The van der Waals surface area contributed by atoms with E-state index in [1.807, 2.05) is 13.8 Å². The lowest BCUT2D eigenvalue weighted by Gasteiger charge is -2.08. The molecule has 0 bridgehead atoms. The number of nitrogens with two attached hydrogens (primary N) is 1. The maximum atomic E-state index is 11.8. The highest BCUT2D eigenvalue weighted by Crippen LogP contribution is 2.19. The first-order chi connectivity index (χ1) is 9.00. The van der Waals surface area contributed by atoms with E-state index in [4.69, 9.17) is 22.1 Å². The SMILES string of the molecule is CC(C)OCCCCNC(=O)c1ccc(Cl)c(N)c1. The molecule has 0 radical (unpaired) electrons. The van der Waals surface area contributed by atoms with Crippen LogP contribution in [0.3, 0.4) is 0 Å². The average Bonchev–Trinajstić information content (AvgIpc) is 2.36. The molecule has 1 aromatic rings. The zero-order chi connectivity index (χ0) is 14.3. The smallest absolute Gasteiger partial charge is 0.251 e. The number of hydrogen-bond acceptors (Lipinski definition) is 3. The van der Waals surface area contributed by atoms with E-state index in [9.17, 15) is 4.79 Å². The Morgan fingerprint density at radius 2 is 2.16 bits per heavy atom. The molecule has 0 spiro atoms. The molecule has 106 valence electrons. The predicted octanol–water partition coefficient (Wildman–Crippen LogP) is 2.86. The Morgan fingerprint density at radius 3 is 2.79 bits per heavy atom. The summed E-state index contributed by atoms with van der Waals surface area (Å²) in [5.41, 5.74) is 6.60. The average molecular weight is 285 g/mol. The molecule has 4 nitrogen and oxygen atoms in total. The van der Waals surface area contributed by atoms with Gasteiger partial charge in [-0.15, -0.1) is 0 Å². The van der Waals surface area contributed by atoms with Crippen LogP contribution in [0.1, 0.15) is 37.0 Å². The van der Waals surface area contributed by atoms with Gasteiger partial charge in [0.1, 0.15) is 0 Å². The van der Waals surface area contributed by atoms with Crippen molar-refractivity contribution in [2.75, 3.05) is 18.9 Å². The fourth-order valence-electron chi connectivity index (χ4n) is 1.54. The Labute approximate surface area is 119 Å². The number of rotatable bonds is 7. The zero-order valence-corrected chi connectivity index (χ0v) is 12.2. The summed E-state index contributed by atoms with van der Waals surface area (Å²) in [5, 5.41) is 3.30. The van der Waals surface area contributed by atoms with E-state index in [2.05, 4.69) is 5.32 Å². The number of carbonyl (C=O) groups is 1. The number of hydrogen-bond donors (Lipinski definition) is 2. The molecule has 0 aliphatic heterocycles. The number of benzene rings is 1. The van der Waals surface area contributed by atoms with Gasteiger partial charge in [0.25, 0.3) is 5.91 Å². The Morgan fingerprint density at radius 1 is 1.42 bits per heavy atom. The standard InChI is InChI=1S/C14H21ClN2O2/c1-10(2)19-8-4-3-7-17-14(18)11-5-6-12(15)13(16)9-11/h5-6,9-10H,3-4,7-8,16H2,1-2H3,(H,17,18). The highest BCUT2D eigenvalue weighted by Gasteiger charge is 2.06. The quantitative estimate of drug-likeness (QED) is 0.598. The lowest BCUT2D eigenvalue weighted by Crippen LogP contribution is -2.24. The van der Waals surface area contributed by atoms with E-state index in [1.54, 1.807) is 18.2 Å². The number of halogens is 1. The topological polar surface area (TPSA) is 64.3 Å². The number of carbonyl (C=O) groups excluding carboxylic acids is 1. The number of unbranched alkanes of at least 4 members (excludes halogenated alkanes) is 1. The second kappa shape index (κ2) is 8.02. The third-order valence-corrected chi connectivity index (χ3v) is 2.91. The minimum Gasteiger partial charge on any atom is -0.398 e. The third-order valence-electron chi connectivity index (χ3n) is 2.57. The summed E-state index contributed by atoms with van der Waals surface area (Å²) in [6.07, 6.45) is 2.08. The number of nitrogen functional groups attached to an aromatic ring is 1. The predicted molar refractivity (Wildman–Crippen MR) is 78.5 cm³/mol. The molecular weight excluding hydrogens is 264 g/mol. The molecule has 19 heavy (non-hydrogen) atoms. The van der Waals surface area contributed by atoms with Crippen molar-refractivity contribution in [3.05, 3.63) is 28.8 Å². The summed E-state index contributed by atoms with van der Waals surface area (Å²) < 4.78 is 5.42. The van der Waals surface area contributed by atoms with Gasteiger partial charge in [-0.25, -0.2) is 0 Å². The van der Waals surface area contributed by atoms with Gasteiger partial charge in [0.15, 0.2) is 0 Å². The number of nitrogens with one attached hydrogen (secondary N) is 1. The van der Waals surface area contributed by atoms with Crippen LogP contribution in [0.25, 0.3) is 0 Å². The number of amides is 1. The Bertz CT molecular complexity index is 422. The summed E-state index contributed by atoms with van der Waals surface area (Å²) in [7, 11) is 0. The fraction of sp³-hybridized carbons (Fsp3) is 0.500. The second-order valence-corrected chi connectivity index (χ2v) is 5.03. The summed E-state index contributed by atoms with van der Waals surface area (Å²) in [6.45, 7) is 5.36. The van der Waals surface area contributed by atoms with Crippen molar-refractivity contribution in [1.82, 2.24) is 5.32 Å². The second-order valence-electron chi connectivity index (χ2n) is 4.62. The monoisotopic (exact) mass is 284 g/mol. The van der Waals surface area contributed by atoms with Gasteiger partial charge in [-0.2, -0.15) is 0 Å². The third kappa shape index (κ3) is 5.94. The van der Waals surface area contributed by atoms with Crippen LogP contribution in [0.2, 0.25) is 5.02 Å². The summed E-state index contributed by atoms with van der Waals surface area (Å²) >= 11 is 5.80. The van der Waals surface area contributed by atoms with Gasteiger partial charge in [0.2, 0.25) is 0 Å². The molecule has 0 aliphatic rings. The highest BCUT2D eigenvalue weighted by molar-refractivity contribution is 6.33. The molecule has 0 aromatic heterocycles. The highest BCUT2D eigenvalue weighted by atomic mass is 35.5. The van der Waals surface area contributed by atoms with Crippen molar-refractivity contribution >= 4 is 23.2 Å². The van der Waals surface area contributed by atoms with Crippen LogP contribution in [-0.4, -0.2) is 25.2 Å². The molecule has 0 saturated carbocycles. The van der Waals surface area contributed by atoms with Gasteiger partial charge in [-0.05, 0) is 44.9 Å². The van der Waals surface area contributed by atoms with Crippen molar-refractivity contribution in [2.45, 2.75) is 32.8 Å². The van der Waals surface area contributed by atoms with Gasteiger partial charge in [0.05, 0.1) is 16.8 Å². The first-order valence-electron chi connectivity index (χ1n) is 6.45. The van der Waals surface area contributed by atoms with Crippen LogP contribution in [0, 0.1) is 0 Å². The molecule has 0 fully saturated rings. The van der Waals surface area contributed by atoms with E-state index in [0.29, 0.717) is 22.8 Å². The zero-order valence-electron chi connectivity index (χ0n) is 11.4. The van der Waals surface area contributed by atoms with Crippen LogP contribution < -0.4 is 11.1 Å². The molecule has 1 rings (SSSR count). The minimum absolute atomic E-state index is 0.131. The number of anilines is 1. The van der Waals surface area contributed by atoms with Crippen LogP contribution in [0.4, 0.5) is 5.69 Å². The summed E-state index contributed by atoms with van der Waals surface area (Å²) in [6, 6.07) is 4.87. The molecule has 0 aliphatic carbocycles. The summed E-state index contributed by atoms with van der Waals surface area (Å²) in [5.74, 6) is -0.131. The van der Waals surface area contributed by atoms with Crippen molar-refractivity contribution in [1.29, 1.82) is 0 Å². The molecular formula is C14H21ClN2O2. The van der Waals surface area contributed by atoms with Crippen LogP contribution in [0.15, 0.2) is 18.2 Å².